The highest BCUT2D eigenvalue weighted by atomic mass is 32.2. The highest BCUT2D eigenvalue weighted by Gasteiger charge is 2.15. The van der Waals surface area contributed by atoms with Gasteiger partial charge in [0.05, 0.1) is 12.4 Å². The second-order valence-corrected chi connectivity index (χ2v) is 9.61. The van der Waals surface area contributed by atoms with Crippen molar-refractivity contribution >= 4 is 15.8 Å². The molecule has 0 aliphatic rings. The molecule has 176 valence electrons. The average molecular weight is 476 g/mol. The van der Waals surface area contributed by atoms with Crippen LogP contribution in [0.15, 0.2) is 72.8 Å². The molecule has 0 amide bonds. The number of hydrogen-bond donors (Lipinski definition) is 2. The number of aliphatic hydroxyl groups excluding tert-OH is 1. The van der Waals surface area contributed by atoms with E-state index >= 15 is 0 Å². The number of nitrogens with one attached hydrogen (secondary N) is 1. The summed E-state index contributed by atoms with van der Waals surface area (Å²) in [7, 11) is -3.59. The van der Waals surface area contributed by atoms with Crippen molar-refractivity contribution in [2.24, 2.45) is 5.92 Å². The maximum atomic E-state index is 13.2. The van der Waals surface area contributed by atoms with E-state index in [0.717, 1.165) is 17.5 Å². The number of benzene rings is 3. The molecule has 0 aliphatic heterocycles. The van der Waals surface area contributed by atoms with E-state index in [1.807, 2.05) is 12.1 Å². The fourth-order valence-electron chi connectivity index (χ4n) is 3.54. The minimum absolute atomic E-state index is 0.117. The van der Waals surface area contributed by atoms with Crippen molar-refractivity contribution in [2.75, 3.05) is 18.1 Å². The molecule has 8 heteroatoms. The van der Waals surface area contributed by atoms with Gasteiger partial charge in [-0.2, -0.15) is 8.42 Å². The van der Waals surface area contributed by atoms with E-state index in [4.69, 9.17) is 4.18 Å². The minimum Gasteiger partial charge on any atom is -0.388 e. The van der Waals surface area contributed by atoms with Crippen molar-refractivity contribution < 1.29 is 26.5 Å². The van der Waals surface area contributed by atoms with Crippen LogP contribution < -0.4 is 9.50 Å². The lowest BCUT2D eigenvalue weighted by Gasteiger charge is -2.21. The van der Waals surface area contributed by atoms with Crippen molar-refractivity contribution in [3.63, 3.8) is 0 Å². The Balaban J connectivity index is 1.66. The minimum atomic E-state index is -3.59. The van der Waals surface area contributed by atoms with Crippen molar-refractivity contribution in [3.8, 4) is 5.75 Å². The lowest BCUT2D eigenvalue weighted by molar-refractivity contribution is 0.157. The van der Waals surface area contributed by atoms with E-state index in [1.54, 1.807) is 36.4 Å². The van der Waals surface area contributed by atoms with Gasteiger partial charge in [0.2, 0.25) is 0 Å². The first kappa shape index (κ1) is 24.7. The molecule has 33 heavy (non-hydrogen) atoms. The van der Waals surface area contributed by atoms with Crippen LogP contribution in [0.25, 0.3) is 0 Å². The van der Waals surface area contributed by atoms with Gasteiger partial charge in [0, 0.05) is 12.2 Å². The van der Waals surface area contributed by atoms with Gasteiger partial charge in [-0.05, 0) is 84.8 Å². The Morgan fingerprint density at radius 2 is 1.45 bits per heavy atom. The van der Waals surface area contributed by atoms with Gasteiger partial charge in [-0.3, -0.25) is 0 Å². The van der Waals surface area contributed by atoms with Crippen LogP contribution in [0, 0.1) is 17.6 Å². The molecular formula is C25H27F2NO4S. The number of aliphatic hydroxyl groups is 1. The van der Waals surface area contributed by atoms with E-state index in [1.165, 1.54) is 24.3 Å². The number of halogens is 2. The summed E-state index contributed by atoms with van der Waals surface area (Å²) < 4.78 is 53.8. The standard InChI is InChI=1S/C25H27F2NO4S/c1-33(30,31)32-24-13-2-18(3-14-24)16-19(17-28-23-11-9-22(27)10-12-23)4-15-25(29)20-5-7-21(26)8-6-20/h2-3,5-14,19,25,28-29H,4,15-17H2,1H3/t19-,25+/m1/s1. The fraction of sp³-hybridized carbons (Fsp3) is 0.280. The SMILES string of the molecule is CS(=O)(=O)Oc1ccc(C[C@@H](CC[C@H](O)c2ccc(F)cc2)CNc2ccc(F)cc2)cc1. The molecular weight excluding hydrogens is 448 g/mol. The van der Waals surface area contributed by atoms with Crippen LogP contribution >= 0.6 is 0 Å². The van der Waals surface area contributed by atoms with Gasteiger partial charge >= 0.3 is 10.1 Å². The number of rotatable bonds is 11. The Morgan fingerprint density at radius 3 is 2.03 bits per heavy atom. The summed E-state index contributed by atoms with van der Waals surface area (Å²) in [5, 5.41) is 13.8. The zero-order valence-electron chi connectivity index (χ0n) is 18.2. The summed E-state index contributed by atoms with van der Waals surface area (Å²) in [6.07, 6.45) is 2.10. The summed E-state index contributed by atoms with van der Waals surface area (Å²) in [4.78, 5) is 0. The zero-order valence-corrected chi connectivity index (χ0v) is 19.1. The Labute approximate surface area is 193 Å². The normalized spacial score (nSPS) is 13.3. The summed E-state index contributed by atoms with van der Waals surface area (Å²) in [6, 6.07) is 18.7. The van der Waals surface area contributed by atoms with E-state index in [2.05, 4.69) is 5.32 Å². The molecule has 0 saturated carbocycles. The molecule has 3 aromatic carbocycles. The predicted molar refractivity (Wildman–Crippen MR) is 125 cm³/mol. The Kier molecular flexibility index (Phi) is 8.41. The largest absolute Gasteiger partial charge is 0.388 e. The first-order valence-corrected chi connectivity index (χ1v) is 12.4. The van der Waals surface area contributed by atoms with Gasteiger partial charge in [-0.1, -0.05) is 24.3 Å². The fourth-order valence-corrected chi connectivity index (χ4v) is 4.00. The number of hydrogen-bond acceptors (Lipinski definition) is 5. The van der Waals surface area contributed by atoms with Gasteiger partial charge in [-0.25, -0.2) is 8.78 Å². The summed E-state index contributed by atoms with van der Waals surface area (Å²) >= 11 is 0. The van der Waals surface area contributed by atoms with Crippen molar-refractivity contribution in [1.29, 1.82) is 0 Å². The molecule has 0 spiro atoms. The smallest absolute Gasteiger partial charge is 0.306 e. The van der Waals surface area contributed by atoms with E-state index in [-0.39, 0.29) is 23.3 Å². The Hall–Kier alpha value is -2.97. The van der Waals surface area contributed by atoms with Crippen molar-refractivity contribution in [2.45, 2.75) is 25.4 Å². The Bertz CT molecular complexity index is 1120. The first-order valence-electron chi connectivity index (χ1n) is 10.6. The second kappa shape index (κ2) is 11.2. The second-order valence-electron chi connectivity index (χ2n) is 8.03. The molecule has 2 atom stereocenters. The lowest BCUT2D eigenvalue weighted by atomic mass is 9.91. The molecule has 0 unspecified atom stereocenters. The molecule has 2 N–H and O–H groups in total. The van der Waals surface area contributed by atoms with Crippen LogP contribution in [-0.4, -0.2) is 26.3 Å². The van der Waals surface area contributed by atoms with Crippen molar-refractivity contribution in [3.05, 3.63) is 95.6 Å². The third-order valence-electron chi connectivity index (χ3n) is 5.24. The van der Waals surface area contributed by atoms with Crippen LogP contribution in [0.2, 0.25) is 0 Å². The maximum absolute atomic E-state index is 13.2. The van der Waals surface area contributed by atoms with Gasteiger partial charge in [0.25, 0.3) is 0 Å². The third-order valence-corrected chi connectivity index (χ3v) is 5.73. The molecule has 0 heterocycles. The highest BCUT2D eigenvalue weighted by molar-refractivity contribution is 7.86. The molecule has 0 saturated heterocycles. The predicted octanol–water partition coefficient (Wildman–Crippen LogP) is 5.09. The van der Waals surface area contributed by atoms with Crippen LogP contribution in [-0.2, 0) is 16.5 Å². The maximum Gasteiger partial charge on any atom is 0.306 e. The van der Waals surface area contributed by atoms with Gasteiger partial charge in [-0.15, -0.1) is 0 Å². The topological polar surface area (TPSA) is 75.6 Å². The highest BCUT2D eigenvalue weighted by Crippen LogP contribution is 2.25. The lowest BCUT2D eigenvalue weighted by Crippen LogP contribution is -2.18. The van der Waals surface area contributed by atoms with Crippen LogP contribution in [0.1, 0.15) is 30.1 Å². The summed E-state index contributed by atoms with van der Waals surface area (Å²) in [5.74, 6) is -0.299. The molecule has 0 aliphatic carbocycles. The average Bonchev–Trinajstić information content (AvgIpc) is 2.77. The van der Waals surface area contributed by atoms with Gasteiger partial charge < -0.3 is 14.6 Å². The summed E-state index contributed by atoms with van der Waals surface area (Å²) in [5.41, 5.74) is 2.43. The Morgan fingerprint density at radius 1 is 0.879 bits per heavy atom. The molecule has 3 aromatic rings. The quantitative estimate of drug-likeness (QED) is 0.378. The number of anilines is 1. The van der Waals surface area contributed by atoms with E-state index < -0.39 is 16.2 Å². The van der Waals surface area contributed by atoms with Gasteiger partial charge in [0.1, 0.15) is 17.4 Å². The van der Waals surface area contributed by atoms with Crippen LogP contribution in [0.5, 0.6) is 5.75 Å². The van der Waals surface area contributed by atoms with Crippen LogP contribution in [0.4, 0.5) is 14.5 Å². The van der Waals surface area contributed by atoms with Crippen molar-refractivity contribution in [1.82, 2.24) is 0 Å². The van der Waals surface area contributed by atoms with E-state index in [9.17, 15) is 22.3 Å². The molecule has 3 rings (SSSR count). The molecule has 0 fully saturated rings. The molecule has 0 radical (unpaired) electrons. The van der Waals surface area contributed by atoms with Gasteiger partial charge in [0.15, 0.2) is 0 Å². The summed E-state index contributed by atoms with van der Waals surface area (Å²) in [6.45, 7) is 0.587. The molecule has 0 aromatic heterocycles. The zero-order chi connectivity index (χ0) is 23.8. The third kappa shape index (κ3) is 8.47. The first-order chi connectivity index (χ1) is 15.7. The monoisotopic (exact) mass is 475 g/mol. The van der Waals surface area contributed by atoms with Crippen LogP contribution in [0.3, 0.4) is 0 Å². The van der Waals surface area contributed by atoms with E-state index in [0.29, 0.717) is 31.4 Å². The molecule has 5 nitrogen and oxygen atoms in total. The molecule has 0 bridgehead atoms.